The highest BCUT2D eigenvalue weighted by molar-refractivity contribution is 7.89. The van der Waals surface area contributed by atoms with Gasteiger partial charge in [0.2, 0.25) is 10.0 Å². The topological polar surface area (TPSA) is 128 Å². The zero-order chi connectivity index (χ0) is 22.6. The highest BCUT2D eigenvalue weighted by Gasteiger charge is 2.38. The first-order valence-corrected chi connectivity index (χ1v) is 10.0. The number of alkyl halides is 3. The number of pyridine rings is 1. The van der Waals surface area contributed by atoms with E-state index in [-0.39, 0.29) is 11.3 Å². The van der Waals surface area contributed by atoms with Gasteiger partial charge in [-0.25, -0.2) is 27.3 Å². The second-order valence-corrected chi connectivity index (χ2v) is 8.53. The molecule has 164 valence electrons. The van der Waals surface area contributed by atoms with Gasteiger partial charge >= 0.3 is 18.1 Å². The van der Waals surface area contributed by atoms with Gasteiger partial charge in [-0.1, -0.05) is 0 Å². The van der Waals surface area contributed by atoms with Crippen LogP contribution >= 0.6 is 0 Å². The summed E-state index contributed by atoms with van der Waals surface area (Å²) in [7, 11) is 0.247. The molecule has 0 saturated carbocycles. The molecule has 9 nitrogen and oxygen atoms in total. The lowest BCUT2D eigenvalue weighted by atomic mass is 10.1. The van der Waals surface area contributed by atoms with Crippen LogP contribution in [-0.4, -0.2) is 79.0 Å². The van der Waals surface area contributed by atoms with Gasteiger partial charge in [-0.05, 0) is 25.0 Å². The van der Waals surface area contributed by atoms with Gasteiger partial charge in [-0.3, -0.25) is 0 Å². The molecule has 0 aromatic carbocycles. The maximum absolute atomic E-state index is 12.0. The molecule has 2 rings (SSSR count). The van der Waals surface area contributed by atoms with E-state index < -0.39 is 28.1 Å². The fourth-order valence-corrected chi connectivity index (χ4v) is 3.67. The molecule has 1 aromatic heterocycles. The van der Waals surface area contributed by atoms with E-state index in [0.717, 1.165) is 11.3 Å². The van der Waals surface area contributed by atoms with Crippen molar-refractivity contribution in [2.75, 3.05) is 37.8 Å². The summed E-state index contributed by atoms with van der Waals surface area (Å²) >= 11 is 0. The Hall–Kier alpha value is -2.41. The first kappa shape index (κ1) is 24.6. The van der Waals surface area contributed by atoms with Crippen LogP contribution < -0.4 is 4.90 Å². The van der Waals surface area contributed by atoms with Crippen molar-refractivity contribution >= 4 is 27.8 Å². The molecule has 0 fully saturated rings. The number of aromatic nitrogens is 1. The fourth-order valence-electron chi connectivity index (χ4n) is 2.56. The number of aliphatic carboxylic acids is 1. The number of sulfonamides is 1. The average molecular weight is 441 g/mol. The minimum Gasteiger partial charge on any atom is -0.478 e. The van der Waals surface area contributed by atoms with Crippen molar-refractivity contribution in [2.45, 2.75) is 25.9 Å². The summed E-state index contributed by atoms with van der Waals surface area (Å²) in [6.45, 7) is 2.37. The van der Waals surface area contributed by atoms with Gasteiger partial charge in [-0.15, -0.1) is 0 Å². The van der Waals surface area contributed by atoms with Crippen molar-refractivity contribution in [1.82, 2.24) is 9.29 Å². The van der Waals surface area contributed by atoms with Gasteiger partial charge in [0.05, 0.1) is 5.75 Å². The van der Waals surface area contributed by atoms with Crippen LogP contribution in [0.1, 0.15) is 28.5 Å². The Balaban J connectivity index is 0.000000516. The molecular weight excluding hydrogens is 419 g/mol. The van der Waals surface area contributed by atoms with Crippen LogP contribution in [0.2, 0.25) is 0 Å². The summed E-state index contributed by atoms with van der Waals surface area (Å²) in [5, 5.41) is 16.5. The van der Waals surface area contributed by atoms with Crippen LogP contribution in [0.3, 0.4) is 0 Å². The lowest BCUT2D eigenvalue weighted by Gasteiger charge is -2.18. The zero-order valence-corrected chi connectivity index (χ0v) is 16.8. The molecule has 1 aromatic rings. The van der Waals surface area contributed by atoms with Gasteiger partial charge in [0.1, 0.15) is 11.4 Å². The monoisotopic (exact) mass is 441 g/mol. The summed E-state index contributed by atoms with van der Waals surface area (Å²) in [4.78, 5) is 26.4. The van der Waals surface area contributed by atoms with E-state index in [1.165, 1.54) is 4.31 Å². The van der Waals surface area contributed by atoms with E-state index in [2.05, 4.69) is 4.98 Å². The molecule has 1 aliphatic rings. The minimum absolute atomic E-state index is 0.0695. The van der Waals surface area contributed by atoms with Crippen molar-refractivity contribution < 1.29 is 41.4 Å². The van der Waals surface area contributed by atoms with E-state index in [1.807, 2.05) is 0 Å². The predicted octanol–water partition coefficient (Wildman–Crippen LogP) is 1.23. The summed E-state index contributed by atoms with van der Waals surface area (Å²) in [5.41, 5.74) is 1.75. The average Bonchev–Trinajstić information content (AvgIpc) is 2.82. The van der Waals surface area contributed by atoms with Gasteiger partial charge in [0, 0.05) is 39.3 Å². The normalized spacial score (nSPS) is 14.8. The molecule has 0 unspecified atom stereocenters. The van der Waals surface area contributed by atoms with Gasteiger partial charge < -0.3 is 15.1 Å². The van der Waals surface area contributed by atoms with Crippen molar-refractivity contribution in [2.24, 2.45) is 0 Å². The first-order chi connectivity index (χ1) is 13.2. The van der Waals surface area contributed by atoms with Crippen LogP contribution in [0.15, 0.2) is 6.07 Å². The molecule has 0 saturated heterocycles. The summed E-state index contributed by atoms with van der Waals surface area (Å²) < 4.78 is 57.2. The molecular formula is C16H22F3N3O6S. The minimum atomic E-state index is -5.08. The van der Waals surface area contributed by atoms with Crippen LogP contribution in [0.25, 0.3) is 0 Å². The maximum atomic E-state index is 12.0. The van der Waals surface area contributed by atoms with Crippen LogP contribution in [0.5, 0.6) is 0 Å². The van der Waals surface area contributed by atoms with E-state index in [4.69, 9.17) is 9.90 Å². The quantitative estimate of drug-likeness (QED) is 0.714. The molecule has 13 heteroatoms. The molecule has 2 heterocycles. The molecule has 0 atom stereocenters. The Bertz CT molecular complexity index is 871. The zero-order valence-electron chi connectivity index (χ0n) is 16.0. The van der Waals surface area contributed by atoms with Gasteiger partial charge in [-0.2, -0.15) is 13.2 Å². The Morgan fingerprint density at radius 2 is 1.72 bits per heavy atom. The largest absolute Gasteiger partial charge is 0.490 e. The van der Waals surface area contributed by atoms with E-state index in [0.29, 0.717) is 31.7 Å². The lowest BCUT2D eigenvalue weighted by Crippen LogP contribution is -2.34. The third-order valence-corrected chi connectivity index (χ3v) is 5.94. The first-order valence-electron chi connectivity index (χ1n) is 8.42. The summed E-state index contributed by atoms with van der Waals surface area (Å²) in [6.07, 6.45) is -4.11. The van der Waals surface area contributed by atoms with E-state index in [9.17, 15) is 31.5 Å². The SMILES string of the molecule is CCS(=O)(=O)N1CCc2cc(C(=O)O)c(N(C)C)nc2CC1.O=C(O)C(F)(F)F. The predicted molar refractivity (Wildman–Crippen MR) is 97.7 cm³/mol. The molecule has 29 heavy (non-hydrogen) atoms. The number of halogens is 3. The van der Waals surface area contributed by atoms with Crippen molar-refractivity contribution in [1.29, 1.82) is 0 Å². The molecule has 0 bridgehead atoms. The van der Waals surface area contributed by atoms with Crippen molar-refractivity contribution in [3.63, 3.8) is 0 Å². The Labute approximate surface area is 165 Å². The molecule has 0 aliphatic carbocycles. The van der Waals surface area contributed by atoms with E-state index >= 15 is 0 Å². The number of rotatable bonds is 4. The van der Waals surface area contributed by atoms with E-state index in [1.54, 1.807) is 32.0 Å². The van der Waals surface area contributed by atoms with Crippen LogP contribution in [0, 0.1) is 0 Å². The second kappa shape index (κ2) is 9.39. The number of nitrogens with zero attached hydrogens (tertiary/aromatic N) is 3. The number of carbonyl (C=O) groups is 2. The van der Waals surface area contributed by atoms with Gasteiger partial charge in [0.15, 0.2) is 0 Å². The highest BCUT2D eigenvalue weighted by Crippen LogP contribution is 2.24. The Morgan fingerprint density at radius 3 is 2.14 bits per heavy atom. The number of hydrogen-bond donors (Lipinski definition) is 2. The van der Waals surface area contributed by atoms with Crippen LogP contribution in [-0.2, 0) is 27.7 Å². The molecule has 0 radical (unpaired) electrons. The summed E-state index contributed by atoms with van der Waals surface area (Å²) in [5.74, 6) is -3.31. The van der Waals surface area contributed by atoms with Gasteiger partial charge in [0.25, 0.3) is 0 Å². The third-order valence-electron chi connectivity index (χ3n) is 4.05. The number of anilines is 1. The van der Waals surface area contributed by atoms with Crippen LogP contribution in [0.4, 0.5) is 19.0 Å². The Kier molecular flexibility index (Phi) is 7.98. The number of carboxylic acid groups (broad SMARTS) is 2. The second-order valence-electron chi connectivity index (χ2n) is 6.27. The molecule has 1 aliphatic heterocycles. The maximum Gasteiger partial charge on any atom is 0.490 e. The fraction of sp³-hybridized carbons (Fsp3) is 0.562. The summed E-state index contributed by atoms with van der Waals surface area (Å²) in [6, 6.07) is 1.63. The van der Waals surface area contributed by atoms with Crippen molar-refractivity contribution in [3.05, 3.63) is 22.9 Å². The number of carboxylic acids is 2. The molecule has 0 amide bonds. The Morgan fingerprint density at radius 1 is 1.21 bits per heavy atom. The smallest absolute Gasteiger partial charge is 0.478 e. The number of fused-ring (bicyclic) bond motifs is 1. The third kappa shape index (κ3) is 6.56. The molecule has 0 spiro atoms. The van der Waals surface area contributed by atoms with Crippen molar-refractivity contribution in [3.8, 4) is 0 Å². The lowest BCUT2D eigenvalue weighted by molar-refractivity contribution is -0.192. The standard InChI is InChI=1S/C14H21N3O4S.C2HF3O2/c1-4-22(20,21)17-7-5-10-9-11(14(18)19)13(16(2)3)15-12(10)6-8-17;3-2(4,5)1(6)7/h9H,4-8H2,1-3H3,(H,18,19);(H,6,7). The number of aromatic carboxylic acids is 1. The number of hydrogen-bond acceptors (Lipinski definition) is 6. The highest BCUT2D eigenvalue weighted by atomic mass is 32.2. The molecule has 2 N–H and O–H groups in total.